The van der Waals surface area contributed by atoms with Crippen LogP contribution >= 0.6 is 47.2 Å². The Morgan fingerprint density at radius 2 is 1.91 bits per heavy atom. The van der Waals surface area contributed by atoms with Gasteiger partial charge in [0.1, 0.15) is 0 Å². The van der Waals surface area contributed by atoms with E-state index in [-0.39, 0.29) is 36.3 Å². The van der Waals surface area contributed by atoms with Gasteiger partial charge in [-0.2, -0.15) is 0 Å². The predicted molar refractivity (Wildman–Crippen MR) is 100 cm³/mol. The number of hydrogen-bond acceptors (Lipinski definition) is 3. The van der Waals surface area contributed by atoms with Gasteiger partial charge in [-0.15, -0.1) is 12.4 Å². The fraction of sp³-hybridized carbons (Fsp3) is 0.533. The summed E-state index contributed by atoms with van der Waals surface area (Å²) in [6, 6.07) is 3.26. The predicted octanol–water partition coefficient (Wildman–Crippen LogP) is 4.07. The first kappa shape index (κ1) is 20.8. The molecule has 1 amide bonds. The van der Waals surface area contributed by atoms with Crippen LogP contribution in [0.3, 0.4) is 0 Å². The van der Waals surface area contributed by atoms with Crippen molar-refractivity contribution in [3.05, 3.63) is 27.2 Å². The molecule has 23 heavy (non-hydrogen) atoms. The Balaban J connectivity index is 0.00000264. The van der Waals surface area contributed by atoms with Gasteiger partial charge in [-0.25, -0.2) is 0 Å². The van der Waals surface area contributed by atoms with E-state index >= 15 is 0 Å². The molecule has 0 bridgehead atoms. The number of rotatable bonds is 3. The molecule has 1 atom stereocenters. The summed E-state index contributed by atoms with van der Waals surface area (Å²) in [6.45, 7) is 6.11. The second-order valence-electron chi connectivity index (χ2n) is 6.39. The highest BCUT2D eigenvalue weighted by atomic mass is 35.5. The number of halogens is 4. The van der Waals surface area contributed by atoms with Crippen LogP contribution in [-0.2, 0) is 4.79 Å². The summed E-state index contributed by atoms with van der Waals surface area (Å²) < 4.78 is 0. The Morgan fingerprint density at radius 1 is 1.35 bits per heavy atom. The van der Waals surface area contributed by atoms with Crippen molar-refractivity contribution in [3.8, 4) is 0 Å². The maximum atomic E-state index is 12.2. The summed E-state index contributed by atoms with van der Waals surface area (Å²) in [6.07, 6.45) is 0.878. The summed E-state index contributed by atoms with van der Waals surface area (Å²) in [5.74, 6) is -0.155. The summed E-state index contributed by atoms with van der Waals surface area (Å²) >= 11 is 18.0. The molecule has 0 aromatic heterocycles. The van der Waals surface area contributed by atoms with Gasteiger partial charge >= 0.3 is 0 Å². The van der Waals surface area contributed by atoms with Gasteiger partial charge in [-0.1, -0.05) is 48.7 Å². The van der Waals surface area contributed by atoms with Crippen molar-refractivity contribution in [3.63, 3.8) is 0 Å². The third kappa shape index (κ3) is 5.38. The maximum absolute atomic E-state index is 12.2. The molecule has 0 saturated carbocycles. The minimum absolute atomic E-state index is 0. The molecule has 0 aliphatic carbocycles. The van der Waals surface area contributed by atoms with Crippen LogP contribution in [0.2, 0.25) is 15.1 Å². The number of piperidine rings is 1. The number of nitrogens with two attached hydrogens (primary N) is 1. The third-order valence-corrected chi connectivity index (χ3v) is 4.84. The summed E-state index contributed by atoms with van der Waals surface area (Å²) in [7, 11) is 0. The average molecular weight is 401 g/mol. The van der Waals surface area contributed by atoms with Crippen LogP contribution in [0.1, 0.15) is 20.3 Å². The number of benzene rings is 1. The fourth-order valence-electron chi connectivity index (χ4n) is 2.66. The van der Waals surface area contributed by atoms with Crippen LogP contribution in [0.15, 0.2) is 12.1 Å². The van der Waals surface area contributed by atoms with Gasteiger partial charge in [0.25, 0.3) is 0 Å². The Bertz CT molecular complexity index is 557. The molecule has 2 rings (SSSR count). The number of nitrogens with zero attached hydrogens (tertiary/aromatic N) is 1. The molecule has 1 aliphatic heterocycles. The molecule has 1 saturated heterocycles. The lowest BCUT2D eigenvalue weighted by Crippen LogP contribution is -2.53. The van der Waals surface area contributed by atoms with Crippen LogP contribution in [0, 0.1) is 5.41 Å². The van der Waals surface area contributed by atoms with Crippen LogP contribution in [0.5, 0.6) is 0 Å². The molecule has 130 valence electrons. The quantitative estimate of drug-likeness (QED) is 0.803. The van der Waals surface area contributed by atoms with Crippen molar-refractivity contribution in [1.29, 1.82) is 0 Å². The molecule has 0 spiro atoms. The molecular weight excluding hydrogens is 380 g/mol. The second-order valence-corrected chi connectivity index (χ2v) is 7.64. The zero-order valence-electron chi connectivity index (χ0n) is 13.0. The monoisotopic (exact) mass is 399 g/mol. The fourth-order valence-corrected chi connectivity index (χ4v) is 3.58. The Labute approximate surface area is 158 Å². The van der Waals surface area contributed by atoms with Crippen LogP contribution in [0.25, 0.3) is 0 Å². The first-order chi connectivity index (χ1) is 10.2. The van der Waals surface area contributed by atoms with Crippen molar-refractivity contribution in [1.82, 2.24) is 4.90 Å². The van der Waals surface area contributed by atoms with Crippen molar-refractivity contribution < 1.29 is 4.79 Å². The third-order valence-electron chi connectivity index (χ3n) is 4.03. The van der Waals surface area contributed by atoms with E-state index < -0.39 is 0 Å². The van der Waals surface area contributed by atoms with E-state index in [4.69, 9.17) is 40.5 Å². The maximum Gasteiger partial charge on any atom is 0.238 e. The summed E-state index contributed by atoms with van der Waals surface area (Å²) in [4.78, 5) is 14.3. The normalized spacial score (nSPS) is 20.7. The average Bonchev–Trinajstić information content (AvgIpc) is 2.38. The second kappa shape index (κ2) is 8.24. The van der Waals surface area contributed by atoms with Crippen molar-refractivity contribution in [2.45, 2.75) is 26.3 Å². The van der Waals surface area contributed by atoms with E-state index in [1.807, 2.05) is 0 Å². The Kier molecular flexibility index (Phi) is 7.45. The number of carbonyl (C=O) groups excluding carboxylic acids is 1. The zero-order valence-corrected chi connectivity index (χ0v) is 16.1. The number of amides is 1. The van der Waals surface area contributed by atoms with Crippen LogP contribution in [-0.4, -0.2) is 36.5 Å². The minimum atomic E-state index is -0.155. The summed E-state index contributed by atoms with van der Waals surface area (Å²) in [5.41, 5.74) is 6.50. The molecular formula is C15H21Cl4N3O. The van der Waals surface area contributed by atoms with Gasteiger partial charge in [-0.05, 0) is 24.0 Å². The van der Waals surface area contributed by atoms with Crippen molar-refractivity contribution in [2.24, 2.45) is 11.1 Å². The number of likely N-dealkylation sites (tertiary alicyclic amines) is 1. The molecule has 3 N–H and O–H groups in total. The topological polar surface area (TPSA) is 58.4 Å². The van der Waals surface area contributed by atoms with E-state index in [0.29, 0.717) is 20.8 Å². The molecule has 1 fully saturated rings. The van der Waals surface area contributed by atoms with Gasteiger partial charge in [-0.3, -0.25) is 9.69 Å². The molecule has 1 aromatic carbocycles. The lowest BCUT2D eigenvalue weighted by Gasteiger charge is -2.42. The molecule has 4 nitrogen and oxygen atoms in total. The van der Waals surface area contributed by atoms with Crippen LogP contribution < -0.4 is 11.1 Å². The van der Waals surface area contributed by atoms with E-state index in [1.165, 1.54) is 0 Å². The molecule has 0 radical (unpaired) electrons. The Morgan fingerprint density at radius 3 is 2.43 bits per heavy atom. The standard InChI is InChI=1S/C15H20Cl3N3O.ClH/c1-15(2)8-21(4-3-12(15)19)7-13(22)20-14-10(17)5-9(16)6-11(14)18;/h5-6,12H,3-4,7-8,19H2,1-2H3,(H,20,22);1H. The van der Waals surface area contributed by atoms with Gasteiger partial charge in [0.05, 0.1) is 22.3 Å². The largest absolute Gasteiger partial charge is 0.327 e. The number of nitrogens with one attached hydrogen (secondary N) is 1. The van der Waals surface area contributed by atoms with E-state index in [2.05, 4.69) is 24.1 Å². The number of hydrogen-bond donors (Lipinski definition) is 2. The van der Waals surface area contributed by atoms with Gasteiger partial charge < -0.3 is 11.1 Å². The van der Waals surface area contributed by atoms with Gasteiger partial charge in [0, 0.05) is 24.2 Å². The van der Waals surface area contributed by atoms with Gasteiger partial charge in [0.15, 0.2) is 0 Å². The SMILES string of the molecule is CC1(C)CN(CC(=O)Nc2c(Cl)cc(Cl)cc2Cl)CCC1N.Cl. The first-order valence-electron chi connectivity index (χ1n) is 7.11. The van der Waals surface area contributed by atoms with Crippen molar-refractivity contribution in [2.75, 3.05) is 25.0 Å². The lowest BCUT2D eigenvalue weighted by molar-refractivity contribution is -0.118. The highest BCUT2D eigenvalue weighted by Crippen LogP contribution is 2.34. The van der Waals surface area contributed by atoms with Gasteiger partial charge in [0.2, 0.25) is 5.91 Å². The molecule has 1 unspecified atom stereocenters. The molecule has 1 aliphatic rings. The van der Waals surface area contributed by atoms with Crippen molar-refractivity contribution >= 4 is 58.8 Å². The molecule has 1 heterocycles. The number of carbonyl (C=O) groups is 1. The van der Waals surface area contributed by atoms with E-state index in [9.17, 15) is 4.79 Å². The summed E-state index contributed by atoms with van der Waals surface area (Å²) in [5, 5.41) is 3.84. The lowest BCUT2D eigenvalue weighted by atomic mass is 9.80. The van der Waals surface area contributed by atoms with Crippen LogP contribution in [0.4, 0.5) is 5.69 Å². The Hall–Kier alpha value is -0.230. The molecule has 1 aromatic rings. The first-order valence-corrected chi connectivity index (χ1v) is 8.25. The van der Waals surface area contributed by atoms with E-state index in [1.54, 1.807) is 12.1 Å². The molecule has 8 heteroatoms. The zero-order chi connectivity index (χ0) is 16.5. The number of anilines is 1. The highest BCUT2D eigenvalue weighted by Gasteiger charge is 2.33. The smallest absolute Gasteiger partial charge is 0.238 e. The minimum Gasteiger partial charge on any atom is -0.327 e. The van der Waals surface area contributed by atoms with E-state index in [0.717, 1.165) is 19.5 Å². The highest BCUT2D eigenvalue weighted by molar-refractivity contribution is 6.42.